The van der Waals surface area contributed by atoms with Gasteiger partial charge in [-0.1, -0.05) is 42.5 Å². The van der Waals surface area contributed by atoms with Crippen molar-refractivity contribution in [2.45, 2.75) is 11.4 Å². The van der Waals surface area contributed by atoms with Crippen LogP contribution in [0.15, 0.2) is 90.1 Å². The summed E-state index contributed by atoms with van der Waals surface area (Å²) in [5.41, 5.74) is 3.46. The second-order valence-corrected chi connectivity index (χ2v) is 10.6. The number of aromatic carboxylic acids is 1. The molecular weight excluding hydrogens is 546 g/mol. The van der Waals surface area contributed by atoms with E-state index in [4.69, 9.17) is 9.47 Å². The molecule has 0 saturated heterocycles. The maximum absolute atomic E-state index is 13.5. The van der Waals surface area contributed by atoms with Gasteiger partial charge in [0, 0.05) is 30.0 Å². The van der Waals surface area contributed by atoms with Gasteiger partial charge in [-0.3, -0.25) is 4.98 Å². The van der Waals surface area contributed by atoms with E-state index in [1.165, 1.54) is 32.5 Å². The van der Waals surface area contributed by atoms with Gasteiger partial charge in [0.25, 0.3) is 0 Å². The van der Waals surface area contributed by atoms with Crippen LogP contribution in [0.5, 0.6) is 11.9 Å². The van der Waals surface area contributed by atoms with Crippen molar-refractivity contribution in [3.8, 4) is 23.0 Å². The van der Waals surface area contributed by atoms with Crippen LogP contribution in [0.4, 0.5) is 11.4 Å². The number of hydrogen-bond donors (Lipinski definition) is 3. The van der Waals surface area contributed by atoms with Crippen LogP contribution in [0.1, 0.15) is 15.9 Å². The second kappa shape index (κ2) is 11.6. The number of ether oxygens (including phenoxy) is 2. The van der Waals surface area contributed by atoms with Crippen molar-refractivity contribution >= 4 is 38.3 Å². The Bertz CT molecular complexity index is 1830. The normalized spacial score (nSPS) is 11.3. The average Bonchev–Trinajstić information content (AvgIpc) is 3.00. The Labute approximate surface area is 235 Å². The molecule has 0 saturated carbocycles. The number of nitrogens with zero attached hydrogens (tertiary/aromatic N) is 3. The number of nitrogens with one attached hydrogen (secondary N) is 2. The fraction of sp³-hybridized carbons (Fsp3) is 0.103. The summed E-state index contributed by atoms with van der Waals surface area (Å²) >= 11 is 0. The number of pyridine rings is 1. The van der Waals surface area contributed by atoms with Crippen molar-refractivity contribution in [3.63, 3.8) is 0 Å². The lowest BCUT2D eigenvalue weighted by Crippen LogP contribution is -2.24. The highest BCUT2D eigenvalue weighted by atomic mass is 32.2. The van der Waals surface area contributed by atoms with Crippen molar-refractivity contribution in [1.82, 2.24) is 19.7 Å². The number of benzene rings is 3. The van der Waals surface area contributed by atoms with Gasteiger partial charge in [-0.05, 0) is 41.5 Å². The van der Waals surface area contributed by atoms with Crippen LogP contribution in [0.2, 0.25) is 0 Å². The molecule has 3 aromatic carbocycles. The number of carboxylic acids is 1. The van der Waals surface area contributed by atoms with E-state index in [1.807, 2.05) is 30.3 Å². The SMILES string of the molecule is COc1ncc(-c2ccc3c(Nc4ccc(C(=O)O)cc4)c(S(=O)(=O)NCc4ccccc4)cnc3c2)c(OC)n1. The Morgan fingerprint density at radius 1 is 0.927 bits per heavy atom. The van der Waals surface area contributed by atoms with Gasteiger partial charge >= 0.3 is 12.0 Å². The van der Waals surface area contributed by atoms with Gasteiger partial charge in [0.15, 0.2) is 0 Å². The fourth-order valence-corrected chi connectivity index (χ4v) is 5.30. The summed E-state index contributed by atoms with van der Waals surface area (Å²) in [5, 5.41) is 12.9. The number of carbonyl (C=O) groups is 1. The number of rotatable bonds is 10. The second-order valence-electron chi connectivity index (χ2n) is 8.83. The van der Waals surface area contributed by atoms with Gasteiger partial charge in [0.1, 0.15) is 4.90 Å². The van der Waals surface area contributed by atoms with Gasteiger partial charge in [-0.25, -0.2) is 22.9 Å². The average molecular weight is 572 g/mol. The van der Waals surface area contributed by atoms with Gasteiger partial charge in [-0.2, -0.15) is 4.98 Å². The Morgan fingerprint density at radius 2 is 1.68 bits per heavy atom. The van der Waals surface area contributed by atoms with Crippen molar-refractivity contribution in [2.75, 3.05) is 19.5 Å². The molecule has 11 nitrogen and oxygen atoms in total. The molecule has 41 heavy (non-hydrogen) atoms. The first kappa shape index (κ1) is 27.5. The zero-order chi connectivity index (χ0) is 29.0. The molecule has 0 atom stereocenters. The molecule has 2 heterocycles. The number of anilines is 2. The predicted molar refractivity (Wildman–Crippen MR) is 153 cm³/mol. The number of carboxylic acid groups (broad SMARTS) is 1. The van der Waals surface area contributed by atoms with Crippen LogP contribution < -0.4 is 19.5 Å². The number of methoxy groups -OCH3 is 2. The summed E-state index contributed by atoms with van der Waals surface area (Å²) in [7, 11) is -1.08. The predicted octanol–water partition coefficient (Wildman–Crippen LogP) is 4.63. The third kappa shape index (κ3) is 5.93. The summed E-state index contributed by atoms with van der Waals surface area (Å²) in [6, 6.07) is 20.6. The lowest BCUT2D eigenvalue weighted by atomic mass is 10.0. The lowest BCUT2D eigenvalue weighted by molar-refractivity contribution is 0.0697. The molecule has 0 aliphatic rings. The van der Waals surface area contributed by atoms with Crippen molar-refractivity contribution in [1.29, 1.82) is 0 Å². The summed E-state index contributed by atoms with van der Waals surface area (Å²) < 4.78 is 40.2. The molecule has 3 N–H and O–H groups in total. The molecule has 0 radical (unpaired) electrons. The minimum absolute atomic E-state index is 0.0682. The first-order valence-corrected chi connectivity index (χ1v) is 13.8. The third-order valence-corrected chi connectivity index (χ3v) is 7.67. The first-order chi connectivity index (χ1) is 19.8. The van der Waals surface area contributed by atoms with Crippen LogP contribution in [0.25, 0.3) is 22.0 Å². The molecule has 0 spiro atoms. The molecule has 0 fully saturated rings. The number of fused-ring (bicyclic) bond motifs is 1. The molecule has 0 bridgehead atoms. The van der Waals surface area contributed by atoms with E-state index in [9.17, 15) is 18.3 Å². The molecule has 5 aromatic rings. The Hall–Kier alpha value is -5.07. The molecule has 12 heteroatoms. The highest BCUT2D eigenvalue weighted by Gasteiger charge is 2.23. The summed E-state index contributed by atoms with van der Waals surface area (Å²) in [6.07, 6.45) is 2.86. The van der Waals surface area contributed by atoms with Crippen LogP contribution in [-0.2, 0) is 16.6 Å². The molecule has 5 rings (SSSR count). The third-order valence-electron chi connectivity index (χ3n) is 6.25. The van der Waals surface area contributed by atoms with E-state index in [2.05, 4.69) is 25.0 Å². The molecule has 208 valence electrons. The first-order valence-electron chi connectivity index (χ1n) is 12.3. The molecule has 0 aliphatic heterocycles. The maximum atomic E-state index is 13.5. The molecule has 2 aromatic heterocycles. The maximum Gasteiger partial charge on any atom is 0.335 e. The number of aromatic nitrogens is 3. The quantitative estimate of drug-likeness (QED) is 0.216. The Balaban J connectivity index is 1.60. The number of sulfonamides is 1. The highest BCUT2D eigenvalue weighted by molar-refractivity contribution is 7.89. The van der Waals surface area contributed by atoms with Crippen molar-refractivity contribution in [3.05, 3.63) is 96.3 Å². The highest BCUT2D eigenvalue weighted by Crippen LogP contribution is 2.36. The van der Waals surface area contributed by atoms with E-state index in [0.717, 1.165) is 5.56 Å². The molecular formula is C29H25N5O6S. The molecule has 0 aliphatic carbocycles. The zero-order valence-corrected chi connectivity index (χ0v) is 22.8. The topological polar surface area (TPSA) is 153 Å². The monoisotopic (exact) mass is 571 g/mol. The van der Waals surface area contributed by atoms with Crippen molar-refractivity contribution in [2.24, 2.45) is 0 Å². The van der Waals surface area contributed by atoms with Crippen LogP contribution in [0.3, 0.4) is 0 Å². The van der Waals surface area contributed by atoms with Crippen LogP contribution >= 0.6 is 0 Å². The Kier molecular flexibility index (Phi) is 7.77. The van der Waals surface area contributed by atoms with Crippen LogP contribution in [0, 0.1) is 0 Å². The van der Waals surface area contributed by atoms with Gasteiger partial charge in [0.2, 0.25) is 15.9 Å². The standard InChI is InChI=1S/C29H25N5O6S/c1-39-27-23(16-31-29(34-27)40-2)20-10-13-22-24(14-20)30-17-25(41(37,38)32-15-18-6-4-3-5-7-18)26(22)33-21-11-8-19(9-12-21)28(35)36/h3-14,16-17,32H,15H2,1-2H3,(H,30,33)(H,35,36). The summed E-state index contributed by atoms with van der Waals surface area (Å²) in [4.78, 5) is 24.1. The fourth-order valence-electron chi connectivity index (χ4n) is 4.17. The minimum Gasteiger partial charge on any atom is -0.480 e. The van der Waals surface area contributed by atoms with Gasteiger partial charge < -0.3 is 19.9 Å². The lowest BCUT2D eigenvalue weighted by Gasteiger charge is -2.17. The number of hydrogen-bond acceptors (Lipinski definition) is 9. The summed E-state index contributed by atoms with van der Waals surface area (Å²) in [5.74, 6) is -0.762. The molecule has 0 amide bonds. The largest absolute Gasteiger partial charge is 0.480 e. The zero-order valence-electron chi connectivity index (χ0n) is 22.0. The van der Waals surface area contributed by atoms with E-state index in [0.29, 0.717) is 33.6 Å². The van der Waals surface area contributed by atoms with Gasteiger partial charge in [-0.15, -0.1) is 0 Å². The minimum atomic E-state index is -4.03. The Morgan fingerprint density at radius 3 is 2.37 bits per heavy atom. The smallest absolute Gasteiger partial charge is 0.335 e. The molecule has 0 unspecified atom stereocenters. The van der Waals surface area contributed by atoms with E-state index < -0.39 is 16.0 Å². The van der Waals surface area contributed by atoms with E-state index in [1.54, 1.807) is 36.5 Å². The van der Waals surface area contributed by atoms with E-state index in [-0.39, 0.29) is 28.7 Å². The summed E-state index contributed by atoms with van der Waals surface area (Å²) in [6.45, 7) is 0.0875. The van der Waals surface area contributed by atoms with Gasteiger partial charge in [0.05, 0.1) is 36.6 Å². The van der Waals surface area contributed by atoms with Crippen molar-refractivity contribution < 1.29 is 27.8 Å². The van der Waals surface area contributed by atoms with E-state index >= 15 is 0 Å². The van der Waals surface area contributed by atoms with Crippen LogP contribution in [-0.4, -0.2) is 48.7 Å².